The topological polar surface area (TPSA) is 73.2 Å². The fourth-order valence-electron chi connectivity index (χ4n) is 2.48. The maximum Gasteiger partial charge on any atom is 0.229 e. The number of anilines is 1. The van der Waals surface area contributed by atoms with Crippen molar-refractivity contribution in [1.29, 1.82) is 5.26 Å². The van der Waals surface area contributed by atoms with E-state index in [4.69, 9.17) is 5.26 Å². The summed E-state index contributed by atoms with van der Waals surface area (Å²) in [7, 11) is 0. The van der Waals surface area contributed by atoms with Gasteiger partial charge >= 0.3 is 0 Å². The van der Waals surface area contributed by atoms with Gasteiger partial charge in [0.25, 0.3) is 0 Å². The smallest absolute Gasteiger partial charge is 0.229 e. The third-order valence-electron chi connectivity index (χ3n) is 3.96. The quantitative estimate of drug-likeness (QED) is 0.921. The molecule has 1 aromatic carbocycles. The molecule has 1 aromatic rings. The minimum Gasteiger partial charge on any atom is -0.339 e. The van der Waals surface area contributed by atoms with Crippen LogP contribution in [-0.2, 0) is 9.59 Å². The van der Waals surface area contributed by atoms with Crippen molar-refractivity contribution in [2.24, 2.45) is 5.92 Å². The van der Waals surface area contributed by atoms with Gasteiger partial charge in [-0.1, -0.05) is 19.1 Å². The van der Waals surface area contributed by atoms with E-state index in [2.05, 4.69) is 5.32 Å². The molecule has 1 aliphatic heterocycles. The molecule has 2 unspecified atom stereocenters. The van der Waals surface area contributed by atoms with Crippen LogP contribution in [0.15, 0.2) is 24.3 Å². The van der Waals surface area contributed by atoms with Gasteiger partial charge < -0.3 is 10.2 Å². The lowest BCUT2D eigenvalue weighted by Gasteiger charge is -2.23. The zero-order valence-electron chi connectivity index (χ0n) is 12.3. The molecule has 0 aromatic heterocycles. The maximum absolute atomic E-state index is 12.3. The molecule has 2 atom stereocenters. The van der Waals surface area contributed by atoms with E-state index in [1.165, 1.54) is 0 Å². The highest BCUT2D eigenvalue weighted by atomic mass is 16.2. The number of nitrogens with one attached hydrogen (secondary N) is 1. The summed E-state index contributed by atoms with van der Waals surface area (Å²) in [5.74, 6) is -0.520. The van der Waals surface area contributed by atoms with Crippen molar-refractivity contribution < 1.29 is 9.59 Å². The summed E-state index contributed by atoms with van der Waals surface area (Å²) in [5.41, 5.74) is 0.924. The van der Waals surface area contributed by atoms with Crippen LogP contribution in [0, 0.1) is 17.2 Å². The van der Waals surface area contributed by atoms with Crippen LogP contribution in [0.4, 0.5) is 5.69 Å². The molecule has 1 fully saturated rings. The number of hydrogen-bond donors (Lipinski definition) is 1. The highest BCUT2D eigenvalue weighted by Crippen LogP contribution is 2.23. The Labute approximate surface area is 124 Å². The lowest BCUT2D eigenvalue weighted by atomic mass is 10.1. The third-order valence-corrected chi connectivity index (χ3v) is 3.96. The SMILES string of the molecule is CCC(C)N1CC(C(=O)Nc2ccccc2C#N)CC1=O. The summed E-state index contributed by atoms with van der Waals surface area (Å²) >= 11 is 0. The summed E-state index contributed by atoms with van der Waals surface area (Å²) in [6, 6.07) is 9.06. The second-order valence-corrected chi connectivity index (χ2v) is 5.35. The molecule has 0 spiro atoms. The lowest BCUT2D eigenvalue weighted by Crippen LogP contribution is -2.35. The van der Waals surface area contributed by atoms with Gasteiger partial charge in [0.1, 0.15) is 6.07 Å². The Morgan fingerprint density at radius 1 is 1.52 bits per heavy atom. The van der Waals surface area contributed by atoms with E-state index in [1.807, 2.05) is 19.9 Å². The Hall–Kier alpha value is -2.35. The van der Waals surface area contributed by atoms with E-state index >= 15 is 0 Å². The standard InChI is InChI=1S/C16H19N3O2/c1-3-11(2)19-10-13(8-15(19)20)16(21)18-14-7-5-4-6-12(14)9-17/h4-7,11,13H,3,8,10H2,1-2H3,(H,18,21). The van der Waals surface area contributed by atoms with Crippen molar-refractivity contribution in [3.8, 4) is 6.07 Å². The van der Waals surface area contributed by atoms with Gasteiger partial charge in [-0.3, -0.25) is 9.59 Å². The molecule has 21 heavy (non-hydrogen) atoms. The Kier molecular flexibility index (Phi) is 4.59. The number of carbonyl (C=O) groups is 2. The number of para-hydroxylation sites is 1. The Balaban J connectivity index is 2.05. The van der Waals surface area contributed by atoms with Gasteiger partial charge in [0.2, 0.25) is 11.8 Å². The monoisotopic (exact) mass is 285 g/mol. The lowest BCUT2D eigenvalue weighted by molar-refractivity contribution is -0.129. The number of nitrogens with zero attached hydrogens (tertiary/aromatic N) is 2. The van der Waals surface area contributed by atoms with Gasteiger partial charge in [-0.25, -0.2) is 0 Å². The minimum absolute atomic E-state index is 0.0260. The van der Waals surface area contributed by atoms with Crippen molar-refractivity contribution >= 4 is 17.5 Å². The van der Waals surface area contributed by atoms with E-state index in [1.54, 1.807) is 29.2 Å². The molecule has 2 amide bonds. The second kappa shape index (κ2) is 6.40. The number of likely N-dealkylation sites (tertiary alicyclic amines) is 1. The van der Waals surface area contributed by atoms with Gasteiger partial charge in [0.05, 0.1) is 17.2 Å². The van der Waals surface area contributed by atoms with Crippen LogP contribution in [0.3, 0.4) is 0 Å². The van der Waals surface area contributed by atoms with Crippen LogP contribution in [0.5, 0.6) is 0 Å². The molecule has 2 rings (SSSR count). The van der Waals surface area contributed by atoms with Crippen LogP contribution in [-0.4, -0.2) is 29.3 Å². The van der Waals surface area contributed by atoms with E-state index in [0.29, 0.717) is 17.8 Å². The van der Waals surface area contributed by atoms with E-state index < -0.39 is 0 Å². The van der Waals surface area contributed by atoms with Crippen LogP contribution in [0.2, 0.25) is 0 Å². The summed E-state index contributed by atoms with van der Waals surface area (Å²) in [5, 5.41) is 11.8. The molecule has 1 saturated heterocycles. The Bertz CT molecular complexity index is 591. The van der Waals surface area contributed by atoms with Crippen molar-refractivity contribution in [2.45, 2.75) is 32.7 Å². The van der Waals surface area contributed by atoms with Gasteiger partial charge in [-0.15, -0.1) is 0 Å². The average molecular weight is 285 g/mol. The van der Waals surface area contributed by atoms with Gasteiger partial charge in [0, 0.05) is 19.0 Å². The number of carbonyl (C=O) groups excluding carboxylic acids is 2. The molecule has 1 N–H and O–H groups in total. The fraction of sp³-hybridized carbons (Fsp3) is 0.438. The highest BCUT2D eigenvalue weighted by Gasteiger charge is 2.36. The zero-order chi connectivity index (χ0) is 15.4. The van der Waals surface area contributed by atoms with Gasteiger partial charge in [0.15, 0.2) is 0 Å². The molecular formula is C16H19N3O2. The number of hydrogen-bond acceptors (Lipinski definition) is 3. The minimum atomic E-state index is -0.349. The number of rotatable bonds is 4. The first-order valence-electron chi connectivity index (χ1n) is 7.16. The van der Waals surface area contributed by atoms with Gasteiger partial charge in [-0.2, -0.15) is 5.26 Å². The Morgan fingerprint density at radius 2 is 2.24 bits per heavy atom. The molecule has 0 saturated carbocycles. The largest absolute Gasteiger partial charge is 0.339 e. The van der Waals surface area contributed by atoms with E-state index in [-0.39, 0.29) is 30.2 Å². The predicted octanol–water partition coefficient (Wildman–Crippen LogP) is 2.14. The molecule has 0 bridgehead atoms. The van der Waals surface area contributed by atoms with Crippen LogP contribution in [0.25, 0.3) is 0 Å². The molecule has 1 aliphatic rings. The first kappa shape index (κ1) is 15.0. The summed E-state index contributed by atoms with van der Waals surface area (Å²) in [6.45, 7) is 4.46. The number of nitriles is 1. The van der Waals surface area contributed by atoms with Crippen molar-refractivity contribution in [1.82, 2.24) is 4.90 Å². The average Bonchev–Trinajstić information content (AvgIpc) is 2.89. The van der Waals surface area contributed by atoms with Gasteiger partial charge in [-0.05, 0) is 25.5 Å². The fourth-order valence-corrected chi connectivity index (χ4v) is 2.48. The first-order chi connectivity index (χ1) is 10.1. The van der Waals surface area contributed by atoms with Crippen molar-refractivity contribution in [3.63, 3.8) is 0 Å². The first-order valence-corrected chi connectivity index (χ1v) is 7.16. The molecular weight excluding hydrogens is 266 g/mol. The van der Waals surface area contributed by atoms with Crippen LogP contribution < -0.4 is 5.32 Å². The molecule has 5 nitrogen and oxygen atoms in total. The summed E-state index contributed by atoms with van der Waals surface area (Å²) < 4.78 is 0. The van der Waals surface area contributed by atoms with Crippen LogP contribution in [0.1, 0.15) is 32.3 Å². The third kappa shape index (κ3) is 3.22. The molecule has 5 heteroatoms. The predicted molar refractivity (Wildman–Crippen MR) is 79.4 cm³/mol. The molecule has 0 radical (unpaired) electrons. The zero-order valence-corrected chi connectivity index (χ0v) is 12.3. The van der Waals surface area contributed by atoms with E-state index in [0.717, 1.165) is 6.42 Å². The second-order valence-electron chi connectivity index (χ2n) is 5.35. The number of benzene rings is 1. The summed E-state index contributed by atoms with van der Waals surface area (Å²) in [6.07, 6.45) is 1.11. The van der Waals surface area contributed by atoms with Crippen LogP contribution >= 0.6 is 0 Å². The normalized spacial score (nSPS) is 19.2. The van der Waals surface area contributed by atoms with Crippen molar-refractivity contribution in [3.05, 3.63) is 29.8 Å². The Morgan fingerprint density at radius 3 is 2.90 bits per heavy atom. The van der Waals surface area contributed by atoms with Crippen molar-refractivity contribution in [2.75, 3.05) is 11.9 Å². The maximum atomic E-state index is 12.3. The molecule has 110 valence electrons. The molecule has 1 heterocycles. The highest BCUT2D eigenvalue weighted by molar-refractivity contribution is 5.98. The molecule has 0 aliphatic carbocycles. The summed E-state index contributed by atoms with van der Waals surface area (Å²) in [4.78, 5) is 26.0. The van der Waals surface area contributed by atoms with E-state index in [9.17, 15) is 9.59 Å². The number of amides is 2.